The van der Waals surface area contributed by atoms with E-state index in [9.17, 15) is 4.79 Å². The van der Waals surface area contributed by atoms with Crippen LogP contribution in [0.1, 0.15) is 6.42 Å². The number of amides is 1. The van der Waals surface area contributed by atoms with Gasteiger partial charge in [0.2, 0.25) is 0 Å². The van der Waals surface area contributed by atoms with Crippen molar-refractivity contribution in [2.75, 3.05) is 19.8 Å². The van der Waals surface area contributed by atoms with E-state index < -0.39 is 0 Å². The van der Waals surface area contributed by atoms with Crippen molar-refractivity contribution in [2.45, 2.75) is 6.42 Å². The number of rotatable bonds is 6. The standard InChI is InChI=1S/C11H14ClNO3/c12-9-3-1-4-10(7-9)16-8-11(15)13-5-2-6-14/h1,3-4,7,14H,2,5-6,8H2,(H,13,15). The molecule has 0 aromatic heterocycles. The van der Waals surface area contributed by atoms with Crippen LogP contribution in [0.3, 0.4) is 0 Å². The van der Waals surface area contributed by atoms with Gasteiger partial charge in [-0.3, -0.25) is 4.79 Å². The highest BCUT2D eigenvalue weighted by molar-refractivity contribution is 6.30. The van der Waals surface area contributed by atoms with Gasteiger partial charge in [0.25, 0.3) is 5.91 Å². The number of hydrogen-bond acceptors (Lipinski definition) is 3. The molecule has 16 heavy (non-hydrogen) atoms. The number of carbonyl (C=O) groups is 1. The predicted molar refractivity (Wildman–Crippen MR) is 61.7 cm³/mol. The van der Waals surface area contributed by atoms with Crippen molar-refractivity contribution in [1.82, 2.24) is 5.32 Å². The summed E-state index contributed by atoms with van der Waals surface area (Å²) < 4.78 is 5.22. The summed E-state index contributed by atoms with van der Waals surface area (Å²) in [5.74, 6) is 0.346. The van der Waals surface area contributed by atoms with Gasteiger partial charge in [0, 0.05) is 18.2 Å². The molecule has 4 nitrogen and oxygen atoms in total. The van der Waals surface area contributed by atoms with Crippen LogP contribution < -0.4 is 10.1 Å². The summed E-state index contributed by atoms with van der Waals surface area (Å²) in [4.78, 5) is 11.2. The normalized spacial score (nSPS) is 9.88. The highest BCUT2D eigenvalue weighted by Gasteiger charge is 2.01. The van der Waals surface area contributed by atoms with E-state index in [4.69, 9.17) is 21.4 Å². The smallest absolute Gasteiger partial charge is 0.257 e. The molecule has 88 valence electrons. The molecular weight excluding hydrogens is 230 g/mol. The quantitative estimate of drug-likeness (QED) is 0.739. The average molecular weight is 244 g/mol. The highest BCUT2D eigenvalue weighted by Crippen LogP contribution is 2.16. The van der Waals surface area contributed by atoms with Crippen molar-refractivity contribution in [1.29, 1.82) is 0 Å². The Morgan fingerprint density at radius 3 is 3.00 bits per heavy atom. The number of carbonyl (C=O) groups excluding carboxylic acids is 1. The topological polar surface area (TPSA) is 58.6 Å². The fourth-order valence-electron chi connectivity index (χ4n) is 1.06. The van der Waals surface area contributed by atoms with Crippen molar-refractivity contribution in [3.8, 4) is 5.75 Å². The molecule has 0 saturated carbocycles. The first-order chi connectivity index (χ1) is 7.72. The molecule has 0 bridgehead atoms. The number of ether oxygens (including phenoxy) is 1. The van der Waals surface area contributed by atoms with Gasteiger partial charge < -0.3 is 15.2 Å². The molecule has 0 fully saturated rings. The maximum absolute atomic E-state index is 11.2. The summed E-state index contributed by atoms with van der Waals surface area (Å²) in [7, 11) is 0. The maximum Gasteiger partial charge on any atom is 0.257 e. The van der Waals surface area contributed by atoms with Crippen molar-refractivity contribution < 1.29 is 14.6 Å². The Morgan fingerprint density at radius 2 is 2.31 bits per heavy atom. The van der Waals surface area contributed by atoms with Crippen LogP contribution in [0.15, 0.2) is 24.3 Å². The molecule has 0 aliphatic rings. The van der Waals surface area contributed by atoms with Gasteiger partial charge in [0.1, 0.15) is 5.75 Å². The first kappa shape index (κ1) is 12.8. The zero-order valence-electron chi connectivity index (χ0n) is 8.78. The number of aliphatic hydroxyl groups excluding tert-OH is 1. The van der Waals surface area contributed by atoms with Gasteiger partial charge in [-0.2, -0.15) is 0 Å². The summed E-state index contributed by atoms with van der Waals surface area (Å²) in [6, 6.07) is 6.85. The van der Waals surface area contributed by atoms with E-state index in [0.29, 0.717) is 23.7 Å². The van der Waals surface area contributed by atoms with E-state index in [1.54, 1.807) is 24.3 Å². The molecule has 0 unspecified atom stereocenters. The van der Waals surface area contributed by atoms with Crippen LogP contribution in [0.2, 0.25) is 5.02 Å². The molecule has 1 rings (SSSR count). The SMILES string of the molecule is O=C(COc1cccc(Cl)c1)NCCCO. The predicted octanol–water partition coefficient (Wildman–Crippen LogP) is 1.22. The third-order valence-electron chi connectivity index (χ3n) is 1.82. The average Bonchev–Trinajstić information content (AvgIpc) is 2.27. The maximum atomic E-state index is 11.2. The second-order valence-electron chi connectivity index (χ2n) is 3.17. The molecule has 0 aliphatic heterocycles. The third kappa shape index (κ3) is 5.00. The Morgan fingerprint density at radius 1 is 1.50 bits per heavy atom. The number of hydrogen-bond donors (Lipinski definition) is 2. The lowest BCUT2D eigenvalue weighted by Gasteiger charge is -2.06. The third-order valence-corrected chi connectivity index (χ3v) is 2.06. The lowest BCUT2D eigenvalue weighted by molar-refractivity contribution is -0.123. The number of halogens is 1. The fourth-order valence-corrected chi connectivity index (χ4v) is 1.24. The van der Waals surface area contributed by atoms with Gasteiger partial charge in [-0.15, -0.1) is 0 Å². The molecule has 0 atom stereocenters. The van der Waals surface area contributed by atoms with Crippen LogP contribution in [0, 0.1) is 0 Å². The Hall–Kier alpha value is -1.26. The van der Waals surface area contributed by atoms with E-state index in [-0.39, 0.29) is 19.1 Å². The molecule has 0 heterocycles. The fraction of sp³-hybridized carbons (Fsp3) is 0.364. The lowest BCUT2D eigenvalue weighted by Crippen LogP contribution is -2.30. The van der Waals surface area contributed by atoms with Crippen molar-refractivity contribution in [2.24, 2.45) is 0 Å². The van der Waals surface area contributed by atoms with Crippen LogP contribution >= 0.6 is 11.6 Å². The van der Waals surface area contributed by atoms with Crippen molar-refractivity contribution in [3.63, 3.8) is 0 Å². The Labute approximate surface area is 99.2 Å². The van der Waals surface area contributed by atoms with Crippen molar-refractivity contribution >= 4 is 17.5 Å². The van der Waals surface area contributed by atoms with Crippen LogP contribution in [0.25, 0.3) is 0 Å². The molecule has 0 radical (unpaired) electrons. The zero-order valence-corrected chi connectivity index (χ0v) is 9.54. The highest BCUT2D eigenvalue weighted by atomic mass is 35.5. The minimum atomic E-state index is -0.214. The first-order valence-corrected chi connectivity index (χ1v) is 5.36. The van der Waals surface area contributed by atoms with E-state index in [2.05, 4.69) is 5.32 Å². The second kappa shape index (κ2) is 7.09. The molecular formula is C11H14ClNO3. The van der Waals surface area contributed by atoms with Gasteiger partial charge in [0.05, 0.1) is 0 Å². The summed E-state index contributed by atoms with van der Waals surface area (Å²) in [5.41, 5.74) is 0. The summed E-state index contributed by atoms with van der Waals surface area (Å²) in [6.45, 7) is 0.468. The molecule has 1 aromatic rings. The van der Waals surface area contributed by atoms with Gasteiger partial charge in [-0.1, -0.05) is 17.7 Å². The monoisotopic (exact) mass is 243 g/mol. The summed E-state index contributed by atoms with van der Waals surface area (Å²) in [5, 5.41) is 11.7. The number of aliphatic hydroxyl groups is 1. The number of nitrogens with one attached hydrogen (secondary N) is 1. The Balaban J connectivity index is 2.26. The summed E-state index contributed by atoms with van der Waals surface area (Å²) >= 11 is 5.75. The van der Waals surface area contributed by atoms with E-state index in [1.165, 1.54) is 0 Å². The van der Waals surface area contributed by atoms with Crippen molar-refractivity contribution in [3.05, 3.63) is 29.3 Å². The zero-order chi connectivity index (χ0) is 11.8. The minimum absolute atomic E-state index is 0.0498. The van der Waals surface area contributed by atoms with Crippen LogP contribution in [-0.2, 0) is 4.79 Å². The minimum Gasteiger partial charge on any atom is -0.484 e. The van der Waals surface area contributed by atoms with Crippen LogP contribution in [0.5, 0.6) is 5.75 Å². The Kier molecular flexibility index (Phi) is 5.67. The summed E-state index contributed by atoms with van der Waals surface area (Å²) in [6.07, 6.45) is 0.545. The molecule has 0 spiro atoms. The molecule has 5 heteroatoms. The van der Waals surface area contributed by atoms with E-state index >= 15 is 0 Å². The Bertz CT molecular complexity index is 344. The molecule has 0 aliphatic carbocycles. The van der Waals surface area contributed by atoms with Gasteiger partial charge in [-0.05, 0) is 24.6 Å². The van der Waals surface area contributed by atoms with Gasteiger partial charge in [-0.25, -0.2) is 0 Å². The van der Waals surface area contributed by atoms with E-state index in [1.807, 2.05) is 0 Å². The molecule has 1 aromatic carbocycles. The first-order valence-electron chi connectivity index (χ1n) is 4.98. The molecule has 1 amide bonds. The molecule has 0 saturated heterocycles. The lowest BCUT2D eigenvalue weighted by atomic mass is 10.3. The molecule has 2 N–H and O–H groups in total. The van der Waals surface area contributed by atoms with E-state index in [0.717, 1.165) is 0 Å². The van der Waals surface area contributed by atoms with Crippen LogP contribution in [0.4, 0.5) is 0 Å². The number of benzene rings is 1. The van der Waals surface area contributed by atoms with Gasteiger partial charge >= 0.3 is 0 Å². The van der Waals surface area contributed by atoms with Gasteiger partial charge in [0.15, 0.2) is 6.61 Å². The second-order valence-corrected chi connectivity index (χ2v) is 3.61. The van der Waals surface area contributed by atoms with Crippen LogP contribution in [-0.4, -0.2) is 30.8 Å². The largest absolute Gasteiger partial charge is 0.484 e.